The molecule has 0 radical (unpaired) electrons. The average molecular weight is 211 g/mol. The number of H-pyrrole nitrogens is 1. The van der Waals surface area contributed by atoms with Crippen molar-refractivity contribution >= 4 is 6.03 Å². The van der Waals surface area contributed by atoms with Gasteiger partial charge in [-0.1, -0.05) is 0 Å². The van der Waals surface area contributed by atoms with Gasteiger partial charge in [0.15, 0.2) is 0 Å². The quantitative estimate of drug-likeness (QED) is 0.589. The largest absolute Gasteiger partial charge is 0.347 e. The molecule has 1 rings (SSSR count). The fourth-order valence-corrected chi connectivity index (χ4v) is 1.02. The first-order valence-electron chi connectivity index (χ1n) is 4.83. The molecule has 0 aromatic carbocycles. The van der Waals surface area contributed by atoms with E-state index < -0.39 is 0 Å². The normalized spacial score (nSPS) is 10.0. The molecule has 15 heavy (non-hydrogen) atoms. The Balaban J connectivity index is 2.00. The van der Waals surface area contributed by atoms with E-state index in [1.54, 1.807) is 26.6 Å². The van der Waals surface area contributed by atoms with Crippen LogP contribution in [0.4, 0.5) is 4.79 Å². The Hall–Kier alpha value is -1.56. The summed E-state index contributed by atoms with van der Waals surface area (Å²) in [6, 6.07) is -0.0710. The molecule has 0 aliphatic carbocycles. The van der Waals surface area contributed by atoms with Crippen LogP contribution in [0.25, 0.3) is 0 Å². The molecule has 0 saturated carbocycles. The van der Waals surface area contributed by atoms with Crippen molar-refractivity contribution < 1.29 is 4.79 Å². The number of nitrogens with zero attached hydrogens (tertiary/aromatic N) is 2. The topological polar surface area (TPSA) is 73.1 Å². The molecular formula is C9H17N5O. The highest BCUT2D eigenvalue weighted by atomic mass is 16.2. The van der Waals surface area contributed by atoms with Crippen LogP contribution < -0.4 is 10.6 Å². The Morgan fingerprint density at radius 2 is 2.33 bits per heavy atom. The van der Waals surface area contributed by atoms with Crippen LogP contribution in [-0.2, 0) is 6.54 Å². The molecule has 2 amide bonds. The Morgan fingerprint density at radius 1 is 1.53 bits per heavy atom. The maximum atomic E-state index is 11.1. The van der Waals surface area contributed by atoms with Gasteiger partial charge >= 0.3 is 6.03 Å². The number of hydrogen-bond donors (Lipinski definition) is 3. The summed E-state index contributed by atoms with van der Waals surface area (Å²) in [5.41, 5.74) is 1.04. The lowest BCUT2D eigenvalue weighted by Crippen LogP contribution is -2.38. The number of amides is 2. The van der Waals surface area contributed by atoms with Crippen molar-refractivity contribution in [2.24, 2.45) is 0 Å². The van der Waals surface area contributed by atoms with Crippen LogP contribution in [0.3, 0.4) is 0 Å². The number of urea groups is 1. The molecule has 84 valence electrons. The first-order valence-corrected chi connectivity index (χ1v) is 4.83. The van der Waals surface area contributed by atoms with E-state index in [-0.39, 0.29) is 6.03 Å². The fourth-order valence-electron chi connectivity index (χ4n) is 1.02. The molecule has 6 nitrogen and oxygen atoms in total. The van der Waals surface area contributed by atoms with Crippen LogP contribution in [0.2, 0.25) is 0 Å². The molecule has 0 fully saturated rings. The molecule has 3 N–H and O–H groups in total. The molecule has 0 spiro atoms. The van der Waals surface area contributed by atoms with Crippen molar-refractivity contribution in [1.29, 1.82) is 0 Å². The van der Waals surface area contributed by atoms with Gasteiger partial charge in [-0.25, -0.2) is 9.78 Å². The van der Waals surface area contributed by atoms with Crippen LogP contribution >= 0.6 is 0 Å². The lowest BCUT2D eigenvalue weighted by molar-refractivity contribution is 0.217. The fraction of sp³-hybridized carbons (Fsp3) is 0.556. The molecule has 1 heterocycles. The van der Waals surface area contributed by atoms with E-state index in [9.17, 15) is 4.79 Å². The molecule has 6 heteroatoms. The second-order valence-corrected chi connectivity index (χ2v) is 3.38. The van der Waals surface area contributed by atoms with Gasteiger partial charge in [0, 0.05) is 45.6 Å². The van der Waals surface area contributed by atoms with Crippen molar-refractivity contribution in [3.63, 3.8) is 0 Å². The zero-order chi connectivity index (χ0) is 11.1. The summed E-state index contributed by atoms with van der Waals surface area (Å²) >= 11 is 0. The molecule has 0 aliphatic rings. The predicted molar refractivity (Wildman–Crippen MR) is 57.4 cm³/mol. The molecule has 1 aromatic heterocycles. The Labute approximate surface area is 89.1 Å². The summed E-state index contributed by atoms with van der Waals surface area (Å²) in [6.45, 7) is 2.08. The molecule has 0 saturated heterocycles. The van der Waals surface area contributed by atoms with E-state index in [0.717, 1.165) is 18.8 Å². The van der Waals surface area contributed by atoms with Crippen molar-refractivity contribution in [3.8, 4) is 0 Å². The van der Waals surface area contributed by atoms with E-state index in [0.29, 0.717) is 6.54 Å². The van der Waals surface area contributed by atoms with Crippen LogP contribution in [-0.4, -0.2) is 48.1 Å². The number of carbonyl (C=O) groups is 1. The summed E-state index contributed by atoms with van der Waals surface area (Å²) in [7, 11) is 3.43. The third kappa shape index (κ3) is 4.46. The second kappa shape index (κ2) is 6.02. The third-order valence-corrected chi connectivity index (χ3v) is 1.85. The highest BCUT2D eigenvalue weighted by molar-refractivity contribution is 5.73. The number of aromatic nitrogens is 2. The minimum atomic E-state index is -0.0710. The highest BCUT2D eigenvalue weighted by Crippen LogP contribution is 1.87. The number of rotatable bonds is 5. The molecule has 1 aromatic rings. The van der Waals surface area contributed by atoms with Crippen LogP contribution in [0.1, 0.15) is 5.69 Å². The van der Waals surface area contributed by atoms with Crippen molar-refractivity contribution in [2.45, 2.75) is 6.54 Å². The van der Waals surface area contributed by atoms with Gasteiger partial charge in [-0.3, -0.25) is 0 Å². The minimum Gasteiger partial charge on any atom is -0.347 e. The Bertz CT molecular complexity index is 283. The van der Waals surface area contributed by atoms with Gasteiger partial charge in [0.05, 0.1) is 6.33 Å². The number of aromatic amines is 1. The van der Waals surface area contributed by atoms with E-state index in [2.05, 4.69) is 20.6 Å². The number of imidazole rings is 1. The third-order valence-electron chi connectivity index (χ3n) is 1.85. The molecule has 0 unspecified atom stereocenters. The van der Waals surface area contributed by atoms with E-state index in [1.165, 1.54) is 4.90 Å². The number of carbonyl (C=O) groups excluding carboxylic acids is 1. The smallest absolute Gasteiger partial charge is 0.316 e. The minimum absolute atomic E-state index is 0.0710. The van der Waals surface area contributed by atoms with E-state index >= 15 is 0 Å². The molecule has 0 bridgehead atoms. The van der Waals surface area contributed by atoms with Gasteiger partial charge in [0.2, 0.25) is 0 Å². The predicted octanol–water partition coefficient (Wildman–Crippen LogP) is -0.229. The number of nitrogens with one attached hydrogen (secondary N) is 3. The maximum Gasteiger partial charge on any atom is 0.316 e. The Kier molecular flexibility index (Phi) is 4.62. The van der Waals surface area contributed by atoms with Crippen LogP contribution in [0, 0.1) is 0 Å². The standard InChI is InChI=1S/C9H17N5O/c1-14(2)9(15)12-4-3-10-5-8-6-11-7-13-8/h6-7,10H,3-5H2,1-2H3,(H,11,13)(H,12,15). The van der Waals surface area contributed by atoms with Gasteiger partial charge in [0.25, 0.3) is 0 Å². The zero-order valence-corrected chi connectivity index (χ0v) is 9.08. The van der Waals surface area contributed by atoms with Gasteiger partial charge in [0.1, 0.15) is 0 Å². The van der Waals surface area contributed by atoms with Gasteiger partial charge < -0.3 is 20.5 Å². The maximum absolute atomic E-state index is 11.1. The Morgan fingerprint density at radius 3 is 2.93 bits per heavy atom. The monoisotopic (exact) mass is 211 g/mol. The first kappa shape index (κ1) is 11.5. The van der Waals surface area contributed by atoms with Gasteiger partial charge in [-0.15, -0.1) is 0 Å². The lowest BCUT2D eigenvalue weighted by atomic mass is 10.4. The zero-order valence-electron chi connectivity index (χ0n) is 9.08. The van der Waals surface area contributed by atoms with Gasteiger partial charge in [-0.2, -0.15) is 0 Å². The SMILES string of the molecule is CN(C)C(=O)NCCNCc1cnc[nH]1. The molecular weight excluding hydrogens is 194 g/mol. The summed E-state index contributed by atoms with van der Waals surface area (Å²) in [6.07, 6.45) is 3.41. The average Bonchev–Trinajstić information content (AvgIpc) is 2.69. The van der Waals surface area contributed by atoms with Crippen molar-refractivity contribution in [3.05, 3.63) is 18.2 Å². The highest BCUT2D eigenvalue weighted by Gasteiger charge is 2.00. The molecule has 0 aliphatic heterocycles. The summed E-state index contributed by atoms with van der Waals surface area (Å²) < 4.78 is 0. The summed E-state index contributed by atoms with van der Waals surface area (Å²) in [5, 5.41) is 5.94. The second-order valence-electron chi connectivity index (χ2n) is 3.38. The summed E-state index contributed by atoms with van der Waals surface area (Å²) in [4.78, 5) is 19.5. The lowest BCUT2D eigenvalue weighted by Gasteiger charge is -2.11. The first-order chi connectivity index (χ1) is 7.20. The van der Waals surface area contributed by atoms with Crippen LogP contribution in [0.15, 0.2) is 12.5 Å². The van der Waals surface area contributed by atoms with Crippen LogP contribution in [0.5, 0.6) is 0 Å². The van der Waals surface area contributed by atoms with Crippen molar-refractivity contribution in [2.75, 3.05) is 27.2 Å². The summed E-state index contributed by atoms with van der Waals surface area (Å²) in [5.74, 6) is 0. The van der Waals surface area contributed by atoms with E-state index in [1.807, 2.05) is 0 Å². The number of hydrogen-bond acceptors (Lipinski definition) is 3. The van der Waals surface area contributed by atoms with E-state index in [4.69, 9.17) is 0 Å². The van der Waals surface area contributed by atoms with Crippen molar-refractivity contribution in [1.82, 2.24) is 25.5 Å². The van der Waals surface area contributed by atoms with Gasteiger partial charge in [-0.05, 0) is 0 Å². The molecule has 0 atom stereocenters.